The van der Waals surface area contributed by atoms with Crippen molar-refractivity contribution in [1.82, 2.24) is 4.98 Å². The second-order valence-corrected chi connectivity index (χ2v) is 5.76. The van der Waals surface area contributed by atoms with Crippen LogP contribution in [0.2, 0.25) is 0 Å². The average molecular weight is 319 g/mol. The maximum absolute atomic E-state index is 11.0. The first-order chi connectivity index (χ1) is 11.5. The van der Waals surface area contributed by atoms with Crippen LogP contribution in [0.1, 0.15) is 34.1 Å². The second kappa shape index (κ2) is 6.16. The third-order valence-electron chi connectivity index (χ3n) is 3.96. The van der Waals surface area contributed by atoms with Gasteiger partial charge in [-0.1, -0.05) is 36.9 Å². The highest BCUT2D eigenvalue weighted by Crippen LogP contribution is 2.33. The largest absolute Gasteiger partial charge is 0.505 e. The number of aromatic nitrogens is 1. The molecule has 24 heavy (non-hydrogen) atoms. The van der Waals surface area contributed by atoms with Crippen LogP contribution < -0.4 is 0 Å². The van der Waals surface area contributed by atoms with E-state index in [0.717, 1.165) is 22.0 Å². The summed E-state index contributed by atoms with van der Waals surface area (Å²) in [5.41, 5.74) is 3.91. The smallest absolute Gasteiger partial charge is 0.335 e. The number of nitrogens with zero attached hydrogens (tertiary/aromatic N) is 1. The van der Waals surface area contributed by atoms with E-state index in [9.17, 15) is 9.90 Å². The molecule has 2 N–H and O–H groups in total. The van der Waals surface area contributed by atoms with Crippen LogP contribution in [0.25, 0.3) is 16.5 Å². The van der Waals surface area contributed by atoms with Crippen molar-refractivity contribution in [2.75, 3.05) is 0 Å². The highest BCUT2D eigenvalue weighted by Gasteiger charge is 2.15. The minimum absolute atomic E-state index is 0.128. The Balaban J connectivity index is 2.12. The Hall–Kier alpha value is -3.14. The summed E-state index contributed by atoms with van der Waals surface area (Å²) in [7, 11) is 0. The fourth-order valence-corrected chi connectivity index (χ4v) is 2.72. The zero-order valence-corrected chi connectivity index (χ0v) is 13.3. The number of carbonyl (C=O) groups is 1. The van der Waals surface area contributed by atoms with Crippen LogP contribution in [0.4, 0.5) is 0 Å². The van der Waals surface area contributed by atoms with E-state index in [2.05, 4.69) is 11.6 Å². The van der Waals surface area contributed by atoms with Crippen LogP contribution in [0.15, 0.2) is 55.1 Å². The van der Waals surface area contributed by atoms with Crippen LogP contribution in [0.5, 0.6) is 5.75 Å². The molecule has 1 heterocycles. The zero-order chi connectivity index (χ0) is 17.3. The molecule has 3 rings (SSSR count). The first-order valence-electron chi connectivity index (χ1n) is 7.56. The summed E-state index contributed by atoms with van der Waals surface area (Å²) in [6.45, 7) is 5.69. The van der Waals surface area contributed by atoms with Crippen LogP contribution in [-0.4, -0.2) is 21.2 Å². The molecule has 0 radical (unpaired) electrons. The fraction of sp³-hybridized carbons (Fsp3) is 0.100. The van der Waals surface area contributed by atoms with E-state index in [-0.39, 0.29) is 11.3 Å². The molecule has 0 atom stereocenters. The molecule has 4 heteroatoms. The molecule has 120 valence electrons. The van der Waals surface area contributed by atoms with Crippen molar-refractivity contribution in [2.45, 2.75) is 13.3 Å². The number of aromatic carboxylic acids is 1. The van der Waals surface area contributed by atoms with Gasteiger partial charge in [0.15, 0.2) is 0 Å². The molecule has 0 aliphatic carbocycles. The number of allylic oxidation sites excluding steroid dienone is 1. The number of fused-ring (bicyclic) bond motifs is 1. The number of rotatable bonds is 4. The highest BCUT2D eigenvalue weighted by atomic mass is 16.4. The van der Waals surface area contributed by atoms with E-state index in [1.807, 2.05) is 31.2 Å². The van der Waals surface area contributed by atoms with Crippen molar-refractivity contribution in [3.63, 3.8) is 0 Å². The Kier molecular flexibility index (Phi) is 4.04. The van der Waals surface area contributed by atoms with E-state index in [4.69, 9.17) is 5.11 Å². The Bertz CT molecular complexity index is 943. The van der Waals surface area contributed by atoms with Gasteiger partial charge in [-0.3, -0.25) is 0 Å². The van der Waals surface area contributed by atoms with E-state index in [1.165, 1.54) is 0 Å². The molecule has 1 aromatic heterocycles. The van der Waals surface area contributed by atoms with Gasteiger partial charge >= 0.3 is 5.97 Å². The van der Waals surface area contributed by atoms with Crippen LogP contribution in [-0.2, 0) is 6.42 Å². The molecule has 3 aromatic rings. The maximum Gasteiger partial charge on any atom is 0.335 e. The van der Waals surface area contributed by atoms with Gasteiger partial charge in [0.05, 0.1) is 11.1 Å². The topological polar surface area (TPSA) is 70.4 Å². The molecule has 0 bridgehead atoms. The lowest BCUT2D eigenvalue weighted by Gasteiger charge is -2.13. The third-order valence-corrected chi connectivity index (χ3v) is 3.96. The summed E-state index contributed by atoms with van der Waals surface area (Å²) >= 11 is 0. The number of carboxylic acids is 1. The lowest BCUT2D eigenvalue weighted by molar-refractivity contribution is 0.0697. The Morgan fingerprint density at radius 3 is 2.42 bits per heavy atom. The van der Waals surface area contributed by atoms with Crippen molar-refractivity contribution < 1.29 is 15.0 Å². The summed E-state index contributed by atoms with van der Waals surface area (Å²) in [6.07, 6.45) is 0.481. The van der Waals surface area contributed by atoms with E-state index in [0.29, 0.717) is 17.7 Å². The lowest BCUT2D eigenvalue weighted by atomic mass is 9.97. The number of hydrogen-bond acceptors (Lipinski definition) is 3. The van der Waals surface area contributed by atoms with E-state index in [1.54, 1.807) is 24.3 Å². The molecule has 0 fully saturated rings. The monoisotopic (exact) mass is 319 g/mol. The number of aromatic hydroxyl groups is 1. The minimum Gasteiger partial charge on any atom is -0.505 e. The van der Waals surface area contributed by atoms with E-state index >= 15 is 0 Å². The number of para-hydroxylation sites is 1. The van der Waals surface area contributed by atoms with Crippen molar-refractivity contribution in [2.24, 2.45) is 0 Å². The average Bonchev–Trinajstić information content (AvgIpc) is 2.57. The van der Waals surface area contributed by atoms with Gasteiger partial charge in [-0.2, -0.15) is 0 Å². The Labute approximate surface area is 139 Å². The number of benzene rings is 2. The summed E-state index contributed by atoms with van der Waals surface area (Å²) in [5.74, 6) is -0.827. The highest BCUT2D eigenvalue weighted by molar-refractivity contribution is 5.88. The van der Waals surface area contributed by atoms with Crippen LogP contribution in [0.3, 0.4) is 0 Å². The number of hydrogen-bond donors (Lipinski definition) is 2. The summed E-state index contributed by atoms with van der Waals surface area (Å²) in [6, 6.07) is 14.3. The van der Waals surface area contributed by atoms with Gasteiger partial charge in [-0.25, -0.2) is 9.78 Å². The summed E-state index contributed by atoms with van der Waals surface area (Å²) < 4.78 is 0. The van der Waals surface area contributed by atoms with Crippen molar-refractivity contribution in [1.29, 1.82) is 0 Å². The maximum atomic E-state index is 11.0. The van der Waals surface area contributed by atoms with Gasteiger partial charge in [0.1, 0.15) is 11.4 Å². The summed E-state index contributed by atoms with van der Waals surface area (Å²) in [4.78, 5) is 15.4. The minimum atomic E-state index is -0.955. The zero-order valence-electron chi connectivity index (χ0n) is 13.3. The molecule has 0 aliphatic rings. The SMILES string of the molecule is C=C(C)c1nc2ccccc2c(Cc2ccc(C(=O)O)cc2)c1O. The van der Waals surface area contributed by atoms with Crippen LogP contribution >= 0.6 is 0 Å². The normalized spacial score (nSPS) is 10.7. The van der Waals surface area contributed by atoms with Gasteiger partial charge in [0.2, 0.25) is 0 Å². The quantitative estimate of drug-likeness (QED) is 0.753. The fourth-order valence-electron chi connectivity index (χ4n) is 2.72. The van der Waals surface area contributed by atoms with Gasteiger partial charge in [0, 0.05) is 17.4 Å². The van der Waals surface area contributed by atoms with Crippen molar-refractivity contribution in [3.05, 3.63) is 77.5 Å². The first-order valence-corrected chi connectivity index (χ1v) is 7.56. The van der Waals surface area contributed by atoms with Crippen molar-refractivity contribution in [3.8, 4) is 5.75 Å². The standard InChI is InChI=1S/C20H17NO3/c1-12(2)18-19(22)16(15-5-3-4-6-17(15)21-18)11-13-7-9-14(10-8-13)20(23)24/h3-10,22H,1,11H2,2H3,(H,23,24). The molecule has 0 saturated carbocycles. The molecular weight excluding hydrogens is 302 g/mol. The Morgan fingerprint density at radius 1 is 1.12 bits per heavy atom. The third kappa shape index (κ3) is 2.86. The molecule has 0 saturated heterocycles. The predicted octanol–water partition coefficient (Wildman–Crippen LogP) is 4.26. The molecule has 0 aliphatic heterocycles. The first kappa shape index (κ1) is 15.7. The van der Waals surface area contributed by atoms with Crippen molar-refractivity contribution >= 4 is 22.4 Å². The van der Waals surface area contributed by atoms with Crippen LogP contribution in [0, 0.1) is 0 Å². The molecule has 0 spiro atoms. The molecular formula is C20H17NO3. The summed E-state index contributed by atoms with van der Waals surface area (Å²) in [5, 5.41) is 20.5. The predicted molar refractivity (Wildman–Crippen MR) is 94.3 cm³/mol. The van der Waals surface area contributed by atoms with E-state index < -0.39 is 5.97 Å². The lowest BCUT2D eigenvalue weighted by Crippen LogP contribution is -1.99. The number of carboxylic acid groups (broad SMARTS) is 1. The van der Waals surface area contributed by atoms with Gasteiger partial charge < -0.3 is 10.2 Å². The molecule has 2 aromatic carbocycles. The van der Waals surface area contributed by atoms with Gasteiger partial charge in [0.25, 0.3) is 0 Å². The molecule has 4 nitrogen and oxygen atoms in total. The van der Waals surface area contributed by atoms with Gasteiger partial charge in [-0.15, -0.1) is 0 Å². The van der Waals surface area contributed by atoms with Gasteiger partial charge in [-0.05, 0) is 36.3 Å². The second-order valence-electron chi connectivity index (χ2n) is 5.76. The molecule has 0 amide bonds. The number of pyridine rings is 1. The molecule has 0 unspecified atom stereocenters. The Morgan fingerprint density at radius 2 is 1.79 bits per heavy atom.